The van der Waals surface area contributed by atoms with E-state index in [1.807, 2.05) is 4.90 Å². The summed E-state index contributed by atoms with van der Waals surface area (Å²) in [6, 6.07) is 5.06. The van der Waals surface area contributed by atoms with Gasteiger partial charge in [-0.15, -0.1) is 0 Å². The van der Waals surface area contributed by atoms with E-state index in [0.29, 0.717) is 36.3 Å². The number of nitrogens with two attached hydrogens (primary N) is 1. The van der Waals surface area contributed by atoms with Crippen LogP contribution in [0.25, 0.3) is 0 Å². The molecule has 1 amide bonds. The van der Waals surface area contributed by atoms with E-state index in [9.17, 15) is 13.2 Å². The minimum absolute atomic E-state index is 0.0237. The Bertz CT molecular complexity index is 711. The van der Waals surface area contributed by atoms with Crippen LogP contribution in [0.5, 0.6) is 0 Å². The molecule has 2 rings (SSSR count). The third-order valence-electron chi connectivity index (χ3n) is 3.94. The maximum Gasteiger partial charge on any atom is 0.224 e. The first-order valence-electron chi connectivity index (χ1n) is 7.43. The van der Waals surface area contributed by atoms with Crippen molar-refractivity contribution in [3.05, 3.63) is 33.8 Å². The molecule has 0 spiro atoms. The first kappa shape index (κ1) is 19.5. The summed E-state index contributed by atoms with van der Waals surface area (Å²) in [5.41, 5.74) is 6.27. The number of carbonyl (C=O) groups excluding carboxylic acids is 1. The van der Waals surface area contributed by atoms with Crippen molar-refractivity contribution in [2.45, 2.75) is 6.10 Å². The summed E-state index contributed by atoms with van der Waals surface area (Å²) in [5, 5.41) is 0.790. The molecule has 0 aliphatic carbocycles. The number of sulfone groups is 1. The number of primary amides is 1. The summed E-state index contributed by atoms with van der Waals surface area (Å²) in [5.74, 6) is -1.09. The highest BCUT2D eigenvalue weighted by molar-refractivity contribution is 7.90. The van der Waals surface area contributed by atoms with E-state index in [1.165, 1.54) is 6.26 Å². The van der Waals surface area contributed by atoms with Crippen LogP contribution in [-0.4, -0.2) is 57.5 Å². The summed E-state index contributed by atoms with van der Waals surface area (Å²) < 4.78 is 28.5. The zero-order chi connectivity index (χ0) is 17.9. The Morgan fingerprint density at radius 3 is 2.67 bits per heavy atom. The molecule has 2 atom stereocenters. The summed E-state index contributed by atoms with van der Waals surface area (Å²) >= 11 is 12.0. The maximum atomic E-state index is 11.9. The predicted octanol–water partition coefficient (Wildman–Crippen LogP) is 1.51. The lowest BCUT2D eigenvalue weighted by atomic mass is 9.94. The number of nitrogens with zero attached hydrogens (tertiary/aromatic N) is 1. The number of halogens is 2. The van der Waals surface area contributed by atoms with Crippen molar-refractivity contribution in [3.63, 3.8) is 0 Å². The minimum Gasteiger partial charge on any atom is -0.371 e. The van der Waals surface area contributed by atoms with Crippen LogP contribution in [0.3, 0.4) is 0 Å². The van der Waals surface area contributed by atoms with Crippen molar-refractivity contribution in [2.24, 2.45) is 11.7 Å². The Hall–Kier alpha value is -0.860. The van der Waals surface area contributed by atoms with E-state index < -0.39 is 27.8 Å². The van der Waals surface area contributed by atoms with Crippen LogP contribution >= 0.6 is 23.2 Å². The first-order chi connectivity index (χ1) is 11.2. The number of amides is 1. The second-order valence-electron chi connectivity index (χ2n) is 5.90. The molecule has 0 radical (unpaired) electrons. The van der Waals surface area contributed by atoms with Gasteiger partial charge in [-0.3, -0.25) is 9.69 Å². The van der Waals surface area contributed by atoms with E-state index in [1.54, 1.807) is 18.2 Å². The van der Waals surface area contributed by atoms with Gasteiger partial charge in [-0.05, 0) is 17.7 Å². The molecular formula is C15H20Cl2N2O4S. The van der Waals surface area contributed by atoms with Crippen LogP contribution < -0.4 is 5.73 Å². The number of rotatable bonds is 5. The molecule has 0 unspecified atom stereocenters. The third-order valence-corrected chi connectivity index (χ3v) is 5.60. The molecule has 0 aromatic heterocycles. The van der Waals surface area contributed by atoms with Gasteiger partial charge in [0.25, 0.3) is 0 Å². The van der Waals surface area contributed by atoms with Crippen LogP contribution in [-0.2, 0) is 19.4 Å². The molecule has 134 valence electrons. The third kappa shape index (κ3) is 5.32. The highest BCUT2D eigenvalue weighted by Gasteiger charge is 2.33. The number of hydrogen-bond acceptors (Lipinski definition) is 5. The zero-order valence-corrected chi connectivity index (χ0v) is 15.6. The zero-order valence-electron chi connectivity index (χ0n) is 13.2. The molecule has 2 N–H and O–H groups in total. The minimum atomic E-state index is -3.08. The number of benzene rings is 1. The monoisotopic (exact) mass is 394 g/mol. The topological polar surface area (TPSA) is 89.7 Å². The summed E-state index contributed by atoms with van der Waals surface area (Å²) in [6.07, 6.45) is 0.645. The van der Waals surface area contributed by atoms with Gasteiger partial charge >= 0.3 is 0 Å². The summed E-state index contributed by atoms with van der Waals surface area (Å²) in [4.78, 5) is 13.8. The molecule has 1 fully saturated rings. The number of carbonyl (C=O) groups is 1. The standard InChI is InChI=1S/C15H20Cl2N2O4S/c1-24(21,22)7-5-19-4-6-23-14(11(9-19)15(18)20)10-2-3-12(16)13(17)8-10/h2-3,8,11,14H,4-7,9H2,1H3,(H2,18,20)/t11-,14+/m1/s1. The molecule has 6 nitrogen and oxygen atoms in total. The fourth-order valence-electron chi connectivity index (χ4n) is 2.65. The average Bonchev–Trinajstić information content (AvgIpc) is 2.70. The van der Waals surface area contributed by atoms with Crippen LogP contribution in [0.15, 0.2) is 18.2 Å². The van der Waals surface area contributed by atoms with E-state index in [2.05, 4.69) is 0 Å². The fourth-order valence-corrected chi connectivity index (χ4v) is 3.54. The Morgan fingerprint density at radius 2 is 2.08 bits per heavy atom. The molecule has 9 heteroatoms. The van der Waals surface area contributed by atoms with Crippen LogP contribution in [0.2, 0.25) is 10.0 Å². The molecule has 1 aromatic carbocycles. The average molecular weight is 395 g/mol. The molecule has 1 aliphatic heterocycles. The molecule has 24 heavy (non-hydrogen) atoms. The Kier molecular flexibility index (Phi) is 6.50. The molecule has 1 aliphatic rings. The van der Waals surface area contributed by atoms with E-state index in [0.717, 1.165) is 5.56 Å². The quantitative estimate of drug-likeness (QED) is 0.817. The molecule has 0 bridgehead atoms. The van der Waals surface area contributed by atoms with Crippen LogP contribution in [0.4, 0.5) is 0 Å². The van der Waals surface area contributed by atoms with Gasteiger partial charge in [0.05, 0.1) is 34.4 Å². The van der Waals surface area contributed by atoms with Gasteiger partial charge in [0, 0.05) is 25.9 Å². The van der Waals surface area contributed by atoms with Crippen molar-refractivity contribution < 1.29 is 17.9 Å². The van der Waals surface area contributed by atoms with Gasteiger partial charge in [-0.1, -0.05) is 29.3 Å². The molecule has 0 saturated carbocycles. The second-order valence-corrected chi connectivity index (χ2v) is 8.98. The number of hydrogen-bond donors (Lipinski definition) is 1. The molecule has 1 saturated heterocycles. The van der Waals surface area contributed by atoms with Gasteiger partial charge in [-0.25, -0.2) is 8.42 Å². The molecule has 1 aromatic rings. The predicted molar refractivity (Wildman–Crippen MR) is 94.0 cm³/mol. The Labute approximate surface area is 151 Å². The normalized spacial score (nSPS) is 23.0. The smallest absolute Gasteiger partial charge is 0.224 e. The highest BCUT2D eigenvalue weighted by Crippen LogP contribution is 2.33. The van der Waals surface area contributed by atoms with Gasteiger partial charge in [0.2, 0.25) is 5.91 Å². The van der Waals surface area contributed by atoms with E-state index in [-0.39, 0.29) is 5.75 Å². The maximum absolute atomic E-state index is 11.9. The van der Waals surface area contributed by atoms with Gasteiger partial charge in [0.1, 0.15) is 9.84 Å². The van der Waals surface area contributed by atoms with Gasteiger partial charge < -0.3 is 10.5 Å². The van der Waals surface area contributed by atoms with Crippen LogP contribution in [0.1, 0.15) is 11.7 Å². The Morgan fingerprint density at radius 1 is 1.38 bits per heavy atom. The lowest BCUT2D eigenvalue weighted by Gasteiger charge is -2.25. The lowest BCUT2D eigenvalue weighted by molar-refractivity contribution is -0.126. The van der Waals surface area contributed by atoms with E-state index >= 15 is 0 Å². The van der Waals surface area contributed by atoms with Crippen LogP contribution in [0, 0.1) is 5.92 Å². The van der Waals surface area contributed by atoms with Crippen molar-refractivity contribution in [1.82, 2.24) is 4.90 Å². The van der Waals surface area contributed by atoms with Crippen molar-refractivity contribution >= 4 is 38.9 Å². The second kappa shape index (κ2) is 8.01. The van der Waals surface area contributed by atoms with Crippen molar-refractivity contribution in [1.29, 1.82) is 0 Å². The molecular weight excluding hydrogens is 375 g/mol. The molecule has 1 heterocycles. The highest BCUT2D eigenvalue weighted by atomic mass is 35.5. The first-order valence-corrected chi connectivity index (χ1v) is 10.2. The van der Waals surface area contributed by atoms with Crippen molar-refractivity contribution in [2.75, 3.05) is 38.2 Å². The Balaban J connectivity index is 2.20. The fraction of sp³-hybridized carbons (Fsp3) is 0.533. The largest absolute Gasteiger partial charge is 0.371 e. The van der Waals surface area contributed by atoms with Gasteiger partial charge in [-0.2, -0.15) is 0 Å². The summed E-state index contributed by atoms with van der Waals surface area (Å²) in [7, 11) is -3.08. The lowest BCUT2D eigenvalue weighted by Crippen LogP contribution is -2.39. The van der Waals surface area contributed by atoms with E-state index in [4.69, 9.17) is 33.7 Å². The number of ether oxygens (including phenoxy) is 1. The van der Waals surface area contributed by atoms with Crippen molar-refractivity contribution in [3.8, 4) is 0 Å². The van der Waals surface area contributed by atoms with Gasteiger partial charge in [0.15, 0.2) is 0 Å². The summed E-state index contributed by atoms with van der Waals surface area (Å²) in [6.45, 7) is 1.55. The SMILES string of the molecule is CS(=O)(=O)CCN1CCO[C@@H](c2ccc(Cl)c(Cl)c2)[C@H](C(N)=O)C1.